The first kappa shape index (κ1) is 12.2. The smallest absolute Gasteiger partial charge is 0.242 e. The van der Waals surface area contributed by atoms with E-state index < -0.39 is 5.92 Å². The van der Waals surface area contributed by atoms with E-state index in [0.29, 0.717) is 5.69 Å². The molecule has 0 saturated carbocycles. The lowest BCUT2D eigenvalue weighted by Crippen LogP contribution is -2.25. The number of amides is 1. The van der Waals surface area contributed by atoms with E-state index in [4.69, 9.17) is 5.26 Å². The van der Waals surface area contributed by atoms with E-state index in [1.807, 2.05) is 26.8 Å². The number of aryl methyl sites for hydroxylation is 1. The predicted molar refractivity (Wildman–Crippen MR) is 61.5 cm³/mol. The first-order valence-electron chi connectivity index (χ1n) is 5.17. The lowest BCUT2D eigenvalue weighted by Gasteiger charge is -2.14. The molecule has 0 saturated heterocycles. The van der Waals surface area contributed by atoms with Crippen molar-refractivity contribution >= 4 is 11.6 Å². The molecule has 0 spiro atoms. The molecule has 84 valence electrons. The number of pyridine rings is 1. The fraction of sp³-hybridized carbons (Fsp3) is 0.417. The number of nitrogens with zero attached hydrogens (tertiary/aromatic N) is 2. The third kappa shape index (κ3) is 2.80. The Morgan fingerprint density at radius 2 is 2.25 bits per heavy atom. The molecule has 0 fully saturated rings. The van der Waals surface area contributed by atoms with Crippen LogP contribution in [0.15, 0.2) is 18.5 Å². The van der Waals surface area contributed by atoms with Gasteiger partial charge >= 0.3 is 0 Å². The summed E-state index contributed by atoms with van der Waals surface area (Å²) in [6.07, 6.45) is 3.28. The van der Waals surface area contributed by atoms with Gasteiger partial charge in [0.05, 0.1) is 6.07 Å². The van der Waals surface area contributed by atoms with Gasteiger partial charge in [0, 0.05) is 18.1 Å². The van der Waals surface area contributed by atoms with Gasteiger partial charge in [-0.05, 0) is 24.5 Å². The fourth-order valence-electron chi connectivity index (χ4n) is 1.33. The molecule has 4 nitrogen and oxygen atoms in total. The fourth-order valence-corrected chi connectivity index (χ4v) is 1.33. The van der Waals surface area contributed by atoms with Crippen LogP contribution in [0.1, 0.15) is 19.4 Å². The zero-order valence-corrected chi connectivity index (χ0v) is 9.69. The van der Waals surface area contributed by atoms with Crippen molar-refractivity contribution in [3.05, 3.63) is 24.0 Å². The van der Waals surface area contributed by atoms with Crippen molar-refractivity contribution in [1.29, 1.82) is 5.26 Å². The molecule has 0 bridgehead atoms. The molecule has 1 amide bonds. The number of carbonyl (C=O) groups is 1. The Kier molecular flexibility index (Phi) is 4.01. The first-order valence-corrected chi connectivity index (χ1v) is 5.17. The lowest BCUT2D eigenvalue weighted by molar-refractivity contribution is -0.119. The van der Waals surface area contributed by atoms with Gasteiger partial charge < -0.3 is 5.32 Å². The molecular formula is C12H15N3O. The molecule has 1 heterocycles. The molecule has 1 atom stereocenters. The van der Waals surface area contributed by atoms with Crippen LogP contribution < -0.4 is 5.32 Å². The number of nitriles is 1. The van der Waals surface area contributed by atoms with Gasteiger partial charge in [0.15, 0.2) is 0 Å². The van der Waals surface area contributed by atoms with Crippen molar-refractivity contribution < 1.29 is 4.79 Å². The van der Waals surface area contributed by atoms with E-state index >= 15 is 0 Å². The number of anilines is 1. The maximum atomic E-state index is 11.8. The molecule has 0 aliphatic rings. The summed E-state index contributed by atoms with van der Waals surface area (Å²) >= 11 is 0. The topological polar surface area (TPSA) is 65.8 Å². The molecule has 1 N–H and O–H groups in total. The number of carbonyl (C=O) groups excluding carboxylic acids is 1. The van der Waals surface area contributed by atoms with Crippen LogP contribution in [-0.2, 0) is 4.79 Å². The molecule has 1 rings (SSSR count). The number of aromatic nitrogens is 1. The maximum Gasteiger partial charge on any atom is 0.242 e. The number of hydrogen-bond donors (Lipinski definition) is 1. The van der Waals surface area contributed by atoms with Crippen LogP contribution in [0.3, 0.4) is 0 Å². The van der Waals surface area contributed by atoms with Gasteiger partial charge in [-0.25, -0.2) is 0 Å². The number of rotatable bonds is 3. The molecule has 1 aromatic heterocycles. The van der Waals surface area contributed by atoms with Crippen molar-refractivity contribution in [3.8, 4) is 6.07 Å². The van der Waals surface area contributed by atoms with E-state index in [0.717, 1.165) is 5.56 Å². The molecular weight excluding hydrogens is 202 g/mol. The van der Waals surface area contributed by atoms with Gasteiger partial charge in [-0.1, -0.05) is 13.8 Å². The minimum Gasteiger partial charge on any atom is -0.325 e. The highest BCUT2D eigenvalue weighted by atomic mass is 16.1. The minimum absolute atomic E-state index is 0.00661. The highest BCUT2D eigenvalue weighted by molar-refractivity contribution is 5.94. The summed E-state index contributed by atoms with van der Waals surface area (Å²) in [5.74, 6) is -0.869. The van der Waals surface area contributed by atoms with Crippen LogP contribution in [0, 0.1) is 30.1 Å². The van der Waals surface area contributed by atoms with E-state index in [1.165, 1.54) is 0 Å². The predicted octanol–water partition coefficient (Wildman–Crippen LogP) is 2.12. The molecule has 16 heavy (non-hydrogen) atoms. The van der Waals surface area contributed by atoms with Crippen molar-refractivity contribution in [2.24, 2.45) is 11.8 Å². The summed E-state index contributed by atoms with van der Waals surface area (Å²) in [7, 11) is 0. The van der Waals surface area contributed by atoms with Gasteiger partial charge in [-0.15, -0.1) is 0 Å². The third-order valence-corrected chi connectivity index (χ3v) is 2.37. The van der Waals surface area contributed by atoms with Crippen LogP contribution >= 0.6 is 0 Å². The summed E-state index contributed by atoms with van der Waals surface area (Å²) in [5.41, 5.74) is 1.59. The second kappa shape index (κ2) is 5.26. The Balaban J connectivity index is 2.79. The largest absolute Gasteiger partial charge is 0.325 e. The molecule has 1 unspecified atom stereocenters. The second-order valence-electron chi connectivity index (χ2n) is 4.03. The molecule has 0 aromatic carbocycles. The van der Waals surface area contributed by atoms with Crippen molar-refractivity contribution in [1.82, 2.24) is 4.98 Å². The Bertz CT molecular complexity index is 421. The van der Waals surface area contributed by atoms with Gasteiger partial charge in [-0.3, -0.25) is 9.78 Å². The lowest BCUT2D eigenvalue weighted by atomic mass is 9.96. The summed E-state index contributed by atoms with van der Waals surface area (Å²) < 4.78 is 0. The summed E-state index contributed by atoms with van der Waals surface area (Å²) in [6, 6.07) is 3.74. The van der Waals surface area contributed by atoms with E-state index in [2.05, 4.69) is 10.3 Å². The van der Waals surface area contributed by atoms with E-state index in [-0.39, 0.29) is 11.8 Å². The SMILES string of the molecule is Cc1cnccc1NC(=O)C(C#N)C(C)C. The van der Waals surface area contributed by atoms with E-state index in [1.54, 1.807) is 18.5 Å². The average Bonchev–Trinajstić information content (AvgIpc) is 2.22. The van der Waals surface area contributed by atoms with Gasteiger partial charge in [0.2, 0.25) is 5.91 Å². The van der Waals surface area contributed by atoms with Crippen molar-refractivity contribution in [2.75, 3.05) is 5.32 Å². The first-order chi connectivity index (χ1) is 7.56. The normalized spacial score (nSPS) is 11.9. The summed E-state index contributed by atoms with van der Waals surface area (Å²) in [4.78, 5) is 15.7. The van der Waals surface area contributed by atoms with Gasteiger partial charge in [0.1, 0.15) is 5.92 Å². The molecule has 0 aliphatic carbocycles. The van der Waals surface area contributed by atoms with Gasteiger partial charge in [0.25, 0.3) is 0 Å². The van der Waals surface area contributed by atoms with Crippen LogP contribution in [0.25, 0.3) is 0 Å². The van der Waals surface area contributed by atoms with Crippen molar-refractivity contribution in [2.45, 2.75) is 20.8 Å². The molecule has 0 aliphatic heterocycles. The Labute approximate surface area is 95.3 Å². The molecule has 4 heteroatoms. The maximum absolute atomic E-state index is 11.8. The Morgan fingerprint density at radius 3 is 2.75 bits per heavy atom. The Morgan fingerprint density at radius 1 is 1.56 bits per heavy atom. The second-order valence-corrected chi connectivity index (χ2v) is 4.03. The standard InChI is InChI=1S/C12H15N3O/c1-8(2)10(6-13)12(16)15-11-4-5-14-7-9(11)3/h4-5,7-8,10H,1-3H3,(H,14,15,16). The summed E-state index contributed by atoms with van der Waals surface area (Å²) in [5, 5.41) is 11.6. The molecule has 1 aromatic rings. The van der Waals surface area contributed by atoms with Crippen LogP contribution in [0.4, 0.5) is 5.69 Å². The highest BCUT2D eigenvalue weighted by Crippen LogP contribution is 2.16. The zero-order valence-electron chi connectivity index (χ0n) is 9.69. The molecule has 0 radical (unpaired) electrons. The number of hydrogen-bond acceptors (Lipinski definition) is 3. The van der Waals surface area contributed by atoms with Crippen LogP contribution in [0.5, 0.6) is 0 Å². The van der Waals surface area contributed by atoms with Crippen molar-refractivity contribution in [3.63, 3.8) is 0 Å². The van der Waals surface area contributed by atoms with Crippen LogP contribution in [0.2, 0.25) is 0 Å². The zero-order chi connectivity index (χ0) is 12.1. The minimum atomic E-state index is -0.618. The van der Waals surface area contributed by atoms with Gasteiger partial charge in [-0.2, -0.15) is 5.26 Å². The Hall–Kier alpha value is -1.89. The summed E-state index contributed by atoms with van der Waals surface area (Å²) in [6.45, 7) is 5.57. The van der Waals surface area contributed by atoms with E-state index in [9.17, 15) is 4.79 Å². The third-order valence-electron chi connectivity index (χ3n) is 2.37. The van der Waals surface area contributed by atoms with Crippen LogP contribution in [-0.4, -0.2) is 10.9 Å². The number of nitrogens with one attached hydrogen (secondary N) is 1. The highest BCUT2D eigenvalue weighted by Gasteiger charge is 2.21. The average molecular weight is 217 g/mol. The quantitative estimate of drug-likeness (QED) is 0.843. The monoisotopic (exact) mass is 217 g/mol.